The zero-order valence-electron chi connectivity index (χ0n) is 8.24. The highest BCUT2D eigenvalue weighted by atomic mass is 32.1. The van der Waals surface area contributed by atoms with E-state index in [2.05, 4.69) is 28.5 Å². The second kappa shape index (κ2) is 4.53. The number of hydrogen-bond acceptors (Lipinski definition) is 5. The SMILES string of the molecule is CCC(N)C(C)Nc1nc(C)ns1. The Morgan fingerprint density at radius 2 is 2.31 bits per heavy atom. The van der Waals surface area contributed by atoms with Crippen LogP contribution in [0, 0.1) is 6.92 Å². The van der Waals surface area contributed by atoms with E-state index < -0.39 is 0 Å². The molecule has 5 heteroatoms. The van der Waals surface area contributed by atoms with E-state index in [-0.39, 0.29) is 12.1 Å². The van der Waals surface area contributed by atoms with Gasteiger partial charge in [0.1, 0.15) is 5.82 Å². The lowest BCUT2D eigenvalue weighted by Gasteiger charge is -2.18. The summed E-state index contributed by atoms with van der Waals surface area (Å²) in [6, 6.07) is 0.418. The van der Waals surface area contributed by atoms with E-state index in [0.717, 1.165) is 17.4 Å². The third kappa shape index (κ3) is 2.93. The van der Waals surface area contributed by atoms with Gasteiger partial charge in [-0.2, -0.15) is 4.37 Å². The Morgan fingerprint density at radius 3 is 2.77 bits per heavy atom. The van der Waals surface area contributed by atoms with Crippen molar-refractivity contribution in [1.29, 1.82) is 0 Å². The van der Waals surface area contributed by atoms with Crippen LogP contribution in [0.25, 0.3) is 0 Å². The van der Waals surface area contributed by atoms with Gasteiger partial charge in [0, 0.05) is 23.6 Å². The van der Waals surface area contributed by atoms with Crippen molar-refractivity contribution in [2.45, 2.75) is 39.3 Å². The summed E-state index contributed by atoms with van der Waals surface area (Å²) in [5.74, 6) is 0.810. The molecule has 0 amide bonds. The van der Waals surface area contributed by atoms with E-state index in [1.807, 2.05) is 6.92 Å². The number of nitrogens with one attached hydrogen (secondary N) is 1. The lowest BCUT2D eigenvalue weighted by molar-refractivity contribution is 0.572. The summed E-state index contributed by atoms with van der Waals surface area (Å²) >= 11 is 1.38. The van der Waals surface area contributed by atoms with Crippen LogP contribution in [-0.2, 0) is 0 Å². The molecule has 0 bridgehead atoms. The Balaban J connectivity index is 2.49. The molecule has 0 aliphatic rings. The normalized spacial score (nSPS) is 15.4. The molecule has 0 radical (unpaired) electrons. The monoisotopic (exact) mass is 200 g/mol. The van der Waals surface area contributed by atoms with Crippen molar-refractivity contribution >= 4 is 16.7 Å². The summed E-state index contributed by atoms with van der Waals surface area (Å²) in [5, 5.41) is 4.09. The Labute approximate surface area is 82.7 Å². The van der Waals surface area contributed by atoms with Crippen LogP contribution in [0.15, 0.2) is 0 Å². The first-order valence-corrected chi connectivity index (χ1v) is 5.23. The summed E-state index contributed by atoms with van der Waals surface area (Å²) in [7, 11) is 0. The van der Waals surface area contributed by atoms with Crippen LogP contribution < -0.4 is 11.1 Å². The van der Waals surface area contributed by atoms with Crippen LogP contribution in [0.5, 0.6) is 0 Å². The van der Waals surface area contributed by atoms with Crippen LogP contribution >= 0.6 is 11.5 Å². The van der Waals surface area contributed by atoms with Gasteiger partial charge in [0.2, 0.25) is 5.13 Å². The predicted molar refractivity (Wildman–Crippen MR) is 56.0 cm³/mol. The zero-order chi connectivity index (χ0) is 9.84. The molecule has 13 heavy (non-hydrogen) atoms. The molecule has 74 valence electrons. The molecule has 0 saturated heterocycles. The topological polar surface area (TPSA) is 63.8 Å². The zero-order valence-corrected chi connectivity index (χ0v) is 9.06. The van der Waals surface area contributed by atoms with Crippen molar-refractivity contribution in [2.75, 3.05) is 5.32 Å². The Morgan fingerprint density at radius 1 is 1.62 bits per heavy atom. The third-order valence-corrected chi connectivity index (χ3v) is 2.73. The van der Waals surface area contributed by atoms with E-state index >= 15 is 0 Å². The molecular formula is C8H16N4S. The van der Waals surface area contributed by atoms with Crippen molar-refractivity contribution in [3.8, 4) is 0 Å². The predicted octanol–water partition coefficient (Wildman–Crippen LogP) is 1.38. The van der Waals surface area contributed by atoms with Crippen molar-refractivity contribution in [3.05, 3.63) is 5.82 Å². The van der Waals surface area contributed by atoms with Crippen molar-refractivity contribution < 1.29 is 0 Å². The average molecular weight is 200 g/mol. The first kappa shape index (κ1) is 10.4. The maximum atomic E-state index is 5.87. The Kier molecular flexibility index (Phi) is 3.62. The molecule has 2 atom stereocenters. The van der Waals surface area contributed by atoms with Crippen LogP contribution in [0.1, 0.15) is 26.1 Å². The van der Waals surface area contributed by atoms with E-state index in [1.165, 1.54) is 11.5 Å². The third-order valence-electron chi connectivity index (χ3n) is 1.99. The Bertz CT molecular complexity index is 260. The fourth-order valence-corrected chi connectivity index (χ4v) is 1.68. The van der Waals surface area contributed by atoms with Crippen LogP contribution in [-0.4, -0.2) is 21.4 Å². The standard InChI is InChI=1S/C8H16N4S/c1-4-7(9)5(2)10-8-11-6(3)12-13-8/h5,7H,4,9H2,1-3H3,(H,10,11,12). The van der Waals surface area contributed by atoms with Gasteiger partial charge in [-0.15, -0.1) is 0 Å². The van der Waals surface area contributed by atoms with E-state index in [4.69, 9.17) is 5.73 Å². The van der Waals surface area contributed by atoms with E-state index in [1.54, 1.807) is 0 Å². The molecule has 0 aromatic carbocycles. The smallest absolute Gasteiger partial charge is 0.202 e. The summed E-state index contributed by atoms with van der Waals surface area (Å²) in [6.45, 7) is 6.02. The van der Waals surface area contributed by atoms with Gasteiger partial charge in [0.05, 0.1) is 0 Å². The van der Waals surface area contributed by atoms with Gasteiger partial charge >= 0.3 is 0 Å². The molecule has 1 heterocycles. The largest absolute Gasteiger partial charge is 0.356 e. The highest BCUT2D eigenvalue weighted by molar-refractivity contribution is 7.09. The highest BCUT2D eigenvalue weighted by Crippen LogP contribution is 2.12. The molecule has 3 N–H and O–H groups in total. The van der Waals surface area contributed by atoms with Gasteiger partial charge in [-0.3, -0.25) is 0 Å². The van der Waals surface area contributed by atoms with E-state index in [0.29, 0.717) is 0 Å². The number of hydrogen-bond donors (Lipinski definition) is 2. The number of rotatable bonds is 4. The van der Waals surface area contributed by atoms with Crippen molar-refractivity contribution in [2.24, 2.45) is 5.73 Å². The molecular weight excluding hydrogens is 184 g/mol. The number of aryl methyl sites for hydroxylation is 1. The maximum absolute atomic E-state index is 5.87. The van der Waals surface area contributed by atoms with E-state index in [9.17, 15) is 0 Å². The van der Waals surface area contributed by atoms with Gasteiger partial charge in [-0.25, -0.2) is 4.98 Å². The molecule has 0 saturated carbocycles. The molecule has 1 aromatic heterocycles. The first-order chi connectivity index (χ1) is 6.13. The lowest BCUT2D eigenvalue weighted by Crippen LogP contribution is -2.37. The molecule has 0 fully saturated rings. The van der Waals surface area contributed by atoms with Crippen LogP contribution in [0.2, 0.25) is 0 Å². The summed E-state index contributed by atoms with van der Waals surface area (Å²) in [4.78, 5) is 4.21. The van der Waals surface area contributed by atoms with Gasteiger partial charge in [-0.05, 0) is 20.3 Å². The summed E-state index contributed by atoms with van der Waals surface area (Å²) in [6.07, 6.45) is 0.964. The van der Waals surface area contributed by atoms with Gasteiger partial charge < -0.3 is 11.1 Å². The highest BCUT2D eigenvalue weighted by Gasteiger charge is 2.11. The Hall–Kier alpha value is -0.680. The minimum Gasteiger partial charge on any atom is -0.356 e. The first-order valence-electron chi connectivity index (χ1n) is 4.46. The molecule has 0 aliphatic carbocycles. The summed E-state index contributed by atoms with van der Waals surface area (Å²) in [5.41, 5.74) is 5.87. The molecule has 1 rings (SSSR count). The number of anilines is 1. The number of nitrogens with two attached hydrogens (primary N) is 1. The fourth-order valence-electron chi connectivity index (χ4n) is 1.01. The second-order valence-corrected chi connectivity index (χ2v) is 3.90. The maximum Gasteiger partial charge on any atom is 0.202 e. The van der Waals surface area contributed by atoms with Gasteiger partial charge in [-0.1, -0.05) is 6.92 Å². The molecule has 0 spiro atoms. The van der Waals surface area contributed by atoms with Gasteiger partial charge in [0.25, 0.3) is 0 Å². The minimum atomic E-state index is 0.171. The minimum absolute atomic E-state index is 0.171. The number of nitrogens with zero attached hydrogens (tertiary/aromatic N) is 2. The fraction of sp³-hybridized carbons (Fsp3) is 0.750. The molecule has 4 nitrogen and oxygen atoms in total. The quantitative estimate of drug-likeness (QED) is 0.771. The number of aromatic nitrogens is 2. The van der Waals surface area contributed by atoms with Crippen LogP contribution in [0.4, 0.5) is 5.13 Å². The van der Waals surface area contributed by atoms with Gasteiger partial charge in [0.15, 0.2) is 0 Å². The lowest BCUT2D eigenvalue weighted by atomic mass is 10.1. The molecule has 0 aliphatic heterocycles. The molecule has 2 unspecified atom stereocenters. The second-order valence-electron chi connectivity index (χ2n) is 3.15. The van der Waals surface area contributed by atoms with Crippen molar-refractivity contribution in [1.82, 2.24) is 9.36 Å². The van der Waals surface area contributed by atoms with Crippen LogP contribution in [0.3, 0.4) is 0 Å². The average Bonchev–Trinajstić information content (AvgIpc) is 2.49. The van der Waals surface area contributed by atoms with Crippen molar-refractivity contribution in [3.63, 3.8) is 0 Å². The summed E-state index contributed by atoms with van der Waals surface area (Å²) < 4.78 is 4.08. The molecule has 1 aromatic rings.